The fraction of sp³-hybridized carbons (Fsp3) is 0.577. The van der Waals surface area contributed by atoms with Gasteiger partial charge in [0, 0.05) is 17.3 Å². The number of aliphatic hydroxyl groups excluding tert-OH is 1. The van der Waals surface area contributed by atoms with Crippen molar-refractivity contribution in [2.45, 2.75) is 63.3 Å². The number of benzene rings is 1. The third-order valence-corrected chi connectivity index (χ3v) is 8.03. The lowest BCUT2D eigenvalue weighted by molar-refractivity contribution is -0.156. The third-order valence-electron chi connectivity index (χ3n) is 7.78. The summed E-state index contributed by atoms with van der Waals surface area (Å²) in [5.74, 6) is -3.85. The van der Waals surface area contributed by atoms with Crippen molar-refractivity contribution in [3.63, 3.8) is 0 Å². The van der Waals surface area contributed by atoms with Gasteiger partial charge in [-0.25, -0.2) is 0 Å². The van der Waals surface area contributed by atoms with Crippen molar-refractivity contribution in [1.82, 2.24) is 4.90 Å². The van der Waals surface area contributed by atoms with Crippen molar-refractivity contribution in [2.75, 3.05) is 18.1 Å². The highest BCUT2D eigenvalue weighted by molar-refractivity contribution is 6.30. The molecule has 2 N–H and O–H groups in total. The maximum atomic E-state index is 14.3. The Morgan fingerprint density at radius 1 is 1.31 bits per heavy atom. The van der Waals surface area contributed by atoms with E-state index in [-0.39, 0.29) is 25.0 Å². The molecule has 0 aromatic heterocycles. The Kier molecular flexibility index (Phi) is 6.76. The van der Waals surface area contributed by atoms with Crippen LogP contribution < -0.4 is 4.90 Å². The van der Waals surface area contributed by atoms with Gasteiger partial charge in [-0.05, 0) is 56.4 Å². The van der Waals surface area contributed by atoms with Gasteiger partial charge in [-0.3, -0.25) is 14.4 Å². The van der Waals surface area contributed by atoms with E-state index in [1.54, 1.807) is 37.3 Å². The zero-order chi connectivity index (χ0) is 25.7. The Labute approximate surface area is 210 Å². The van der Waals surface area contributed by atoms with Gasteiger partial charge in [0.05, 0.1) is 30.1 Å². The van der Waals surface area contributed by atoms with Crippen LogP contribution in [0.5, 0.6) is 0 Å². The van der Waals surface area contributed by atoms with Gasteiger partial charge in [-0.2, -0.15) is 0 Å². The lowest BCUT2D eigenvalue weighted by Gasteiger charge is -2.40. The van der Waals surface area contributed by atoms with E-state index in [9.17, 15) is 24.6 Å². The van der Waals surface area contributed by atoms with Crippen molar-refractivity contribution in [1.29, 1.82) is 0 Å². The molecule has 2 amide bonds. The van der Waals surface area contributed by atoms with Crippen LogP contribution >= 0.6 is 11.6 Å². The number of halogens is 1. The fourth-order valence-electron chi connectivity index (χ4n) is 6.45. The van der Waals surface area contributed by atoms with E-state index in [0.717, 1.165) is 0 Å². The third kappa shape index (κ3) is 3.96. The van der Waals surface area contributed by atoms with Gasteiger partial charge in [-0.15, -0.1) is 6.58 Å². The molecular formula is C26H33ClN2O6. The molecule has 3 aliphatic heterocycles. The number of likely N-dealkylation sites (tertiary alicyclic amines) is 1. The van der Waals surface area contributed by atoms with E-state index in [1.165, 1.54) is 9.80 Å². The van der Waals surface area contributed by atoms with Crippen LogP contribution in [0.4, 0.5) is 5.69 Å². The standard InChI is InChI=1S/C26H33ClN2O6/c1-5-12-28(17-8-6-16(27)7-9-17)23(32)21-26-11-10-25(4,35-26)20(24(33)34)19(26)22(31)29(21)18(14-30)13-15(2)3/h5-9,15,18-21,30H,1,10-14H2,2-4H3,(H,33,34)/t18-,19+,20+,21?,25-,26?/m1/s1. The molecule has 8 nitrogen and oxygen atoms in total. The Bertz CT molecular complexity index is 1030. The first-order chi connectivity index (χ1) is 16.5. The Balaban J connectivity index is 1.85. The fourth-order valence-corrected chi connectivity index (χ4v) is 6.58. The molecule has 1 spiro atoms. The minimum atomic E-state index is -1.28. The zero-order valence-electron chi connectivity index (χ0n) is 20.3. The number of aliphatic carboxylic acids is 1. The van der Waals surface area contributed by atoms with Crippen LogP contribution in [0.25, 0.3) is 0 Å². The minimum absolute atomic E-state index is 0.138. The molecule has 3 saturated heterocycles. The predicted molar refractivity (Wildman–Crippen MR) is 131 cm³/mol. The van der Waals surface area contributed by atoms with E-state index in [4.69, 9.17) is 16.3 Å². The molecule has 0 aliphatic carbocycles. The number of carbonyl (C=O) groups is 3. The molecule has 4 rings (SSSR count). The second kappa shape index (κ2) is 9.22. The van der Waals surface area contributed by atoms with E-state index < -0.39 is 47.0 Å². The molecule has 1 aromatic rings. The SMILES string of the molecule is C=CCN(C(=O)C1N([C@@H](CO)CC(C)C)C(=O)[C@@H]2[C@@H](C(=O)O)[C@@]3(C)CCC12O3)c1ccc(Cl)cc1. The summed E-state index contributed by atoms with van der Waals surface area (Å²) in [7, 11) is 0. The van der Waals surface area contributed by atoms with E-state index in [2.05, 4.69) is 6.58 Å². The Hall–Kier alpha value is -2.42. The molecule has 1 aromatic carbocycles. The number of amides is 2. The monoisotopic (exact) mass is 504 g/mol. The molecule has 3 aliphatic rings. The first-order valence-electron chi connectivity index (χ1n) is 12.0. The number of fused-ring (bicyclic) bond motifs is 1. The predicted octanol–water partition coefficient (Wildman–Crippen LogP) is 3.12. The van der Waals surface area contributed by atoms with Gasteiger partial charge in [0.15, 0.2) is 0 Å². The lowest BCUT2D eigenvalue weighted by atomic mass is 9.66. The zero-order valence-corrected chi connectivity index (χ0v) is 21.1. The summed E-state index contributed by atoms with van der Waals surface area (Å²) in [5, 5.41) is 20.9. The molecule has 190 valence electrons. The number of ether oxygens (including phenoxy) is 1. The molecule has 0 radical (unpaired) electrons. The number of carbonyl (C=O) groups excluding carboxylic acids is 2. The molecule has 35 heavy (non-hydrogen) atoms. The van der Waals surface area contributed by atoms with Crippen molar-refractivity contribution in [3.8, 4) is 0 Å². The first-order valence-corrected chi connectivity index (χ1v) is 12.4. The minimum Gasteiger partial charge on any atom is -0.481 e. The van der Waals surface area contributed by atoms with Crippen LogP contribution in [0.15, 0.2) is 36.9 Å². The van der Waals surface area contributed by atoms with Crippen LogP contribution in [0.1, 0.15) is 40.0 Å². The molecule has 0 saturated carbocycles. The number of hydrogen-bond donors (Lipinski definition) is 2. The quantitative estimate of drug-likeness (QED) is 0.500. The van der Waals surface area contributed by atoms with Gasteiger partial charge in [0.1, 0.15) is 11.6 Å². The highest BCUT2D eigenvalue weighted by atomic mass is 35.5. The first kappa shape index (κ1) is 25.7. The Morgan fingerprint density at radius 3 is 2.51 bits per heavy atom. The van der Waals surface area contributed by atoms with Crippen LogP contribution in [-0.2, 0) is 19.1 Å². The maximum absolute atomic E-state index is 14.3. The smallest absolute Gasteiger partial charge is 0.310 e. The second-order valence-corrected chi connectivity index (χ2v) is 10.9. The summed E-state index contributed by atoms with van der Waals surface area (Å²) in [5.41, 5.74) is -1.74. The van der Waals surface area contributed by atoms with Crippen molar-refractivity contribution in [3.05, 3.63) is 41.9 Å². The molecule has 3 heterocycles. The summed E-state index contributed by atoms with van der Waals surface area (Å²) in [4.78, 5) is 43.6. The van der Waals surface area contributed by atoms with Crippen molar-refractivity contribution in [2.24, 2.45) is 17.8 Å². The summed E-state index contributed by atoms with van der Waals surface area (Å²) in [6.45, 7) is 9.28. The average Bonchev–Trinajstić information content (AvgIpc) is 3.37. The molecule has 6 atom stereocenters. The number of rotatable bonds is 9. The highest BCUT2D eigenvalue weighted by Gasteiger charge is 2.78. The number of nitrogens with zero attached hydrogens (tertiary/aromatic N) is 2. The normalized spacial score (nSPS) is 32.1. The largest absolute Gasteiger partial charge is 0.481 e. The number of anilines is 1. The molecular weight excluding hydrogens is 472 g/mol. The van der Waals surface area contributed by atoms with E-state index >= 15 is 0 Å². The Morgan fingerprint density at radius 2 is 1.97 bits per heavy atom. The van der Waals surface area contributed by atoms with Crippen LogP contribution in [0, 0.1) is 17.8 Å². The number of carboxylic acid groups (broad SMARTS) is 1. The van der Waals surface area contributed by atoms with Gasteiger partial charge in [-0.1, -0.05) is 31.5 Å². The summed E-state index contributed by atoms with van der Waals surface area (Å²) < 4.78 is 6.44. The average molecular weight is 505 g/mol. The second-order valence-electron chi connectivity index (χ2n) is 10.5. The van der Waals surface area contributed by atoms with E-state index in [1.807, 2.05) is 13.8 Å². The highest BCUT2D eigenvalue weighted by Crippen LogP contribution is 2.63. The van der Waals surface area contributed by atoms with Gasteiger partial charge in [0.2, 0.25) is 5.91 Å². The van der Waals surface area contributed by atoms with E-state index in [0.29, 0.717) is 30.0 Å². The van der Waals surface area contributed by atoms with Crippen LogP contribution in [0.3, 0.4) is 0 Å². The topological polar surface area (TPSA) is 107 Å². The summed E-state index contributed by atoms with van der Waals surface area (Å²) in [6.07, 6.45) is 2.88. The van der Waals surface area contributed by atoms with Crippen molar-refractivity contribution >= 4 is 35.1 Å². The lowest BCUT2D eigenvalue weighted by Crippen LogP contribution is -2.59. The maximum Gasteiger partial charge on any atom is 0.310 e. The van der Waals surface area contributed by atoms with Gasteiger partial charge in [0.25, 0.3) is 5.91 Å². The van der Waals surface area contributed by atoms with Crippen LogP contribution in [0.2, 0.25) is 5.02 Å². The summed E-state index contributed by atoms with van der Waals surface area (Å²) >= 11 is 6.06. The number of carboxylic acids is 1. The number of hydrogen-bond acceptors (Lipinski definition) is 5. The molecule has 3 fully saturated rings. The molecule has 9 heteroatoms. The molecule has 2 unspecified atom stereocenters. The van der Waals surface area contributed by atoms with Crippen LogP contribution in [-0.4, -0.2) is 69.3 Å². The summed E-state index contributed by atoms with van der Waals surface area (Å²) in [6, 6.07) is 5.06. The van der Waals surface area contributed by atoms with Gasteiger partial charge >= 0.3 is 5.97 Å². The van der Waals surface area contributed by atoms with Gasteiger partial charge < -0.3 is 24.7 Å². The number of aliphatic hydroxyl groups is 1. The van der Waals surface area contributed by atoms with Crippen molar-refractivity contribution < 1.29 is 29.3 Å². The molecule has 2 bridgehead atoms.